The molecule has 0 bridgehead atoms. The van der Waals surface area contributed by atoms with Crippen LogP contribution in [0.5, 0.6) is 11.5 Å². The number of carbonyl (C=O) groups is 1. The summed E-state index contributed by atoms with van der Waals surface area (Å²) in [5.74, 6) is 1.66. The fourth-order valence-corrected chi connectivity index (χ4v) is 3.02. The topological polar surface area (TPSA) is 54.6 Å². The van der Waals surface area contributed by atoms with Gasteiger partial charge in [0.2, 0.25) is 0 Å². The van der Waals surface area contributed by atoms with Gasteiger partial charge in [0.25, 0.3) is 5.91 Å². The van der Waals surface area contributed by atoms with Crippen molar-refractivity contribution < 1.29 is 14.3 Å². The SMILES string of the molecule is CCOc1ccccc1OC1CCN(C(=O)c2c[nH]cc2C)CC1. The second-order valence-electron chi connectivity index (χ2n) is 6.04. The number of likely N-dealkylation sites (tertiary alicyclic amines) is 1. The van der Waals surface area contributed by atoms with Crippen molar-refractivity contribution in [2.24, 2.45) is 0 Å². The number of carbonyl (C=O) groups excluding carboxylic acids is 1. The largest absolute Gasteiger partial charge is 0.490 e. The fraction of sp³-hybridized carbons (Fsp3) is 0.421. The van der Waals surface area contributed by atoms with Gasteiger partial charge in [-0.15, -0.1) is 0 Å². The highest BCUT2D eigenvalue weighted by Gasteiger charge is 2.26. The molecule has 0 spiro atoms. The molecule has 5 nitrogen and oxygen atoms in total. The Kier molecular flexibility index (Phi) is 5.08. The minimum Gasteiger partial charge on any atom is -0.490 e. The maximum absolute atomic E-state index is 12.5. The van der Waals surface area contributed by atoms with Gasteiger partial charge in [-0.05, 0) is 31.5 Å². The van der Waals surface area contributed by atoms with Crippen LogP contribution in [-0.2, 0) is 0 Å². The van der Waals surface area contributed by atoms with Gasteiger partial charge in [0, 0.05) is 38.3 Å². The average Bonchev–Trinajstić information content (AvgIpc) is 3.03. The quantitative estimate of drug-likeness (QED) is 0.915. The summed E-state index contributed by atoms with van der Waals surface area (Å²) in [4.78, 5) is 17.4. The maximum atomic E-state index is 12.5. The highest BCUT2D eigenvalue weighted by Crippen LogP contribution is 2.29. The van der Waals surface area contributed by atoms with Gasteiger partial charge >= 0.3 is 0 Å². The number of amides is 1. The molecule has 1 amide bonds. The van der Waals surface area contributed by atoms with Crippen LogP contribution in [0.1, 0.15) is 35.7 Å². The Morgan fingerprint density at radius 1 is 1.21 bits per heavy atom. The van der Waals surface area contributed by atoms with E-state index in [0.29, 0.717) is 19.7 Å². The molecule has 0 aliphatic carbocycles. The van der Waals surface area contributed by atoms with Crippen molar-refractivity contribution in [1.29, 1.82) is 0 Å². The Labute approximate surface area is 142 Å². The summed E-state index contributed by atoms with van der Waals surface area (Å²) in [7, 11) is 0. The van der Waals surface area contributed by atoms with Gasteiger partial charge < -0.3 is 19.4 Å². The Bertz CT molecular complexity index is 687. The van der Waals surface area contributed by atoms with E-state index in [9.17, 15) is 4.79 Å². The van der Waals surface area contributed by atoms with Crippen LogP contribution in [0.25, 0.3) is 0 Å². The zero-order valence-electron chi connectivity index (χ0n) is 14.2. The number of piperidine rings is 1. The predicted molar refractivity (Wildman–Crippen MR) is 92.7 cm³/mol. The minimum atomic E-state index is 0.0990. The molecule has 1 aromatic heterocycles. The number of nitrogens with zero attached hydrogens (tertiary/aromatic N) is 1. The molecule has 2 heterocycles. The highest BCUT2D eigenvalue weighted by atomic mass is 16.5. The van der Waals surface area contributed by atoms with Crippen LogP contribution in [-0.4, -0.2) is 41.6 Å². The predicted octanol–water partition coefficient (Wildman–Crippen LogP) is 3.41. The van der Waals surface area contributed by atoms with Gasteiger partial charge in [-0.1, -0.05) is 12.1 Å². The van der Waals surface area contributed by atoms with Crippen molar-refractivity contribution in [2.45, 2.75) is 32.8 Å². The third-order valence-corrected chi connectivity index (χ3v) is 4.35. The van der Waals surface area contributed by atoms with Gasteiger partial charge in [0.1, 0.15) is 6.10 Å². The Hall–Kier alpha value is -2.43. The second-order valence-corrected chi connectivity index (χ2v) is 6.04. The normalized spacial score (nSPS) is 15.3. The van der Waals surface area contributed by atoms with E-state index < -0.39 is 0 Å². The van der Waals surface area contributed by atoms with Crippen molar-refractivity contribution in [3.63, 3.8) is 0 Å². The third kappa shape index (κ3) is 3.55. The minimum absolute atomic E-state index is 0.0990. The van der Waals surface area contributed by atoms with E-state index in [1.807, 2.05) is 49.2 Å². The lowest BCUT2D eigenvalue weighted by Crippen LogP contribution is -2.41. The molecule has 0 unspecified atom stereocenters. The lowest BCUT2D eigenvalue weighted by molar-refractivity contribution is 0.0589. The van der Waals surface area contributed by atoms with Gasteiger partial charge in [0.05, 0.1) is 12.2 Å². The first kappa shape index (κ1) is 16.4. The van der Waals surface area contributed by atoms with Crippen LogP contribution >= 0.6 is 0 Å². The molecule has 1 aliphatic rings. The number of hydrogen-bond acceptors (Lipinski definition) is 3. The third-order valence-electron chi connectivity index (χ3n) is 4.35. The number of aromatic nitrogens is 1. The molecule has 0 saturated carbocycles. The van der Waals surface area contributed by atoms with E-state index in [-0.39, 0.29) is 12.0 Å². The molecular weight excluding hydrogens is 304 g/mol. The van der Waals surface area contributed by atoms with E-state index in [1.165, 1.54) is 0 Å². The first-order valence-electron chi connectivity index (χ1n) is 8.50. The number of ether oxygens (including phenoxy) is 2. The number of nitrogens with one attached hydrogen (secondary N) is 1. The molecular formula is C19H24N2O3. The number of hydrogen-bond donors (Lipinski definition) is 1. The molecule has 3 rings (SSSR count). The molecule has 1 saturated heterocycles. The van der Waals surface area contributed by atoms with E-state index in [0.717, 1.165) is 35.5 Å². The molecule has 128 valence electrons. The van der Waals surface area contributed by atoms with E-state index in [1.54, 1.807) is 6.20 Å². The summed E-state index contributed by atoms with van der Waals surface area (Å²) >= 11 is 0. The molecule has 0 atom stereocenters. The number of rotatable bonds is 5. The summed E-state index contributed by atoms with van der Waals surface area (Å²) in [5.41, 5.74) is 1.75. The molecule has 1 aromatic carbocycles. The van der Waals surface area contributed by atoms with Gasteiger partial charge in [-0.2, -0.15) is 0 Å². The number of H-pyrrole nitrogens is 1. The number of para-hydroxylation sites is 2. The van der Waals surface area contributed by atoms with Crippen LogP contribution < -0.4 is 9.47 Å². The molecule has 1 aliphatic heterocycles. The fourth-order valence-electron chi connectivity index (χ4n) is 3.02. The van der Waals surface area contributed by atoms with Gasteiger partial charge in [-0.25, -0.2) is 0 Å². The van der Waals surface area contributed by atoms with Crippen LogP contribution in [0.3, 0.4) is 0 Å². The lowest BCUT2D eigenvalue weighted by Gasteiger charge is -2.32. The van der Waals surface area contributed by atoms with Crippen molar-refractivity contribution in [3.05, 3.63) is 47.8 Å². The van der Waals surface area contributed by atoms with E-state index >= 15 is 0 Å². The summed E-state index contributed by atoms with van der Waals surface area (Å²) in [6.45, 7) is 5.95. The summed E-state index contributed by atoms with van der Waals surface area (Å²) in [6, 6.07) is 7.75. The van der Waals surface area contributed by atoms with Crippen LogP contribution in [0.15, 0.2) is 36.7 Å². The molecule has 1 N–H and O–H groups in total. The van der Waals surface area contributed by atoms with Crippen molar-refractivity contribution in [2.75, 3.05) is 19.7 Å². The molecule has 0 radical (unpaired) electrons. The first-order chi connectivity index (χ1) is 11.7. The summed E-state index contributed by atoms with van der Waals surface area (Å²) in [5, 5.41) is 0. The van der Waals surface area contributed by atoms with Crippen LogP contribution in [0.4, 0.5) is 0 Å². The zero-order chi connectivity index (χ0) is 16.9. The Morgan fingerprint density at radius 3 is 2.54 bits per heavy atom. The number of benzene rings is 1. The summed E-state index contributed by atoms with van der Waals surface area (Å²) < 4.78 is 11.7. The smallest absolute Gasteiger partial charge is 0.255 e. The van der Waals surface area contributed by atoms with Crippen molar-refractivity contribution >= 4 is 5.91 Å². The van der Waals surface area contributed by atoms with E-state index in [4.69, 9.17) is 9.47 Å². The number of aryl methyl sites for hydroxylation is 1. The van der Waals surface area contributed by atoms with Crippen LogP contribution in [0.2, 0.25) is 0 Å². The molecule has 2 aromatic rings. The van der Waals surface area contributed by atoms with Crippen molar-refractivity contribution in [1.82, 2.24) is 9.88 Å². The first-order valence-corrected chi connectivity index (χ1v) is 8.50. The summed E-state index contributed by atoms with van der Waals surface area (Å²) in [6.07, 6.45) is 5.40. The molecule has 24 heavy (non-hydrogen) atoms. The Morgan fingerprint density at radius 2 is 1.92 bits per heavy atom. The lowest BCUT2D eigenvalue weighted by atomic mass is 10.1. The average molecular weight is 328 g/mol. The maximum Gasteiger partial charge on any atom is 0.255 e. The second kappa shape index (κ2) is 7.43. The van der Waals surface area contributed by atoms with E-state index in [2.05, 4.69) is 4.98 Å². The van der Waals surface area contributed by atoms with Crippen LogP contribution in [0, 0.1) is 6.92 Å². The van der Waals surface area contributed by atoms with Crippen molar-refractivity contribution in [3.8, 4) is 11.5 Å². The van der Waals surface area contributed by atoms with Gasteiger partial charge in [0.15, 0.2) is 11.5 Å². The highest BCUT2D eigenvalue weighted by molar-refractivity contribution is 5.95. The van der Waals surface area contributed by atoms with Gasteiger partial charge in [-0.3, -0.25) is 4.79 Å². The standard InChI is InChI=1S/C19H24N2O3/c1-3-23-17-6-4-5-7-18(17)24-15-8-10-21(11-9-15)19(22)16-13-20-12-14(16)2/h4-7,12-13,15,20H,3,8-11H2,1-2H3. The Balaban J connectivity index is 1.58. The monoisotopic (exact) mass is 328 g/mol. The number of aromatic amines is 1. The zero-order valence-corrected chi connectivity index (χ0v) is 14.2. The molecule has 1 fully saturated rings. The molecule has 5 heteroatoms.